The van der Waals surface area contributed by atoms with Crippen LogP contribution in [0.5, 0.6) is 5.75 Å². The first-order valence-electron chi connectivity index (χ1n) is 5.78. The van der Waals surface area contributed by atoms with Crippen molar-refractivity contribution in [3.8, 4) is 5.75 Å². The van der Waals surface area contributed by atoms with Gasteiger partial charge in [0.25, 0.3) is 10.0 Å². The number of hydrogen-bond acceptors (Lipinski definition) is 4. The van der Waals surface area contributed by atoms with Crippen LogP contribution in [-0.2, 0) is 16.4 Å². The normalized spacial score (nSPS) is 11.5. The molecule has 7 heteroatoms. The number of sulfonamides is 1. The molecule has 0 saturated carbocycles. The van der Waals surface area contributed by atoms with Gasteiger partial charge in [-0.05, 0) is 31.0 Å². The van der Waals surface area contributed by atoms with E-state index in [1.54, 1.807) is 19.1 Å². The lowest BCUT2D eigenvalue weighted by molar-refractivity contribution is 0.477. The average molecular weight is 281 g/mol. The number of H-pyrrole nitrogens is 1. The maximum atomic E-state index is 12.1. The van der Waals surface area contributed by atoms with Crippen molar-refractivity contribution in [2.75, 3.05) is 4.72 Å². The molecule has 0 aliphatic heterocycles. The number of hydrogen-bond donors (Lipinski definition) is 3. The van der Waals surface area contributed by atoms with Crippen LogP contribution < -0.4 is 4.72 Å². The number of phenolic OH excluding ortho intramolecular Hbond substituents is 1. The summed E-state index contributed by atoms with van der Waals surface area (Å²) in [4.78, 5) is 6.48. The quantitative estimate of drug-likeness (QED) is 0.744. The predicted octanol–water partition coefficient (Wildman–Crippen LogP) is 1.79. The van der Waals surface area contributed by atoms with E-state index in [0.29, 0.717) is 5.82 Å². The second-order valence-electron chi connectivity index (χ2n) is 4.14. The van der Waals surface area contributed by atoms with Crippen molar-refractivity contribution in [1.82, 2.24) is 9.97 Å². The van der Waals surface area contributed by atoms with Crippen LogP contribution in [0.2, 0.25) is 0 Å². The fraction of sp³-hybridized carbons (Fsp3) is 0.250. The first-order valence-corrected chi connectivity index (χ1v) is 7.27. The molecule has 0 saturated heterocycles. The SMILES string of the molecule is CCc1ccc(O)c(NS(=O)(=O)c2cnc(C)[nH]2)c1. The van der Waals surface area contributed by atoms with Gasteiger partial charge in [0, 0.05) is 0 Å². The van der Waals surface area contributed by atoms with Gasteiger partial charge in [0.1, 0.15) is 11.6 Å². The Morgan fingerprint density at radius 2 is 2.16 bits per heavy atom. The Morgan fingerprint density at radius 1 is 1.42 bits per heavy atom. The van der Waals surface area contributed by atoms with Crippen molar-refractivity contribution in [3.05, 3.63) is 35.8 Å². The van der Waals surface area contributed by atoms with Gasteiger partial charge in [-0.15, -0.1) is 0 Å². The summed E-state index contributed by atoms with van der Waals surface area (Å²) in [5, 5.41) is 9.66. The van der Waals surface area contributed by atoms with Crippen LogP contribution in [0.25, 0.3) is 0 Å². The van der Waals surface area contributed by atoms with E-state index in [0.717, 1.165) is 12.0 Å². The smallest absolute Gasteiger partial charge is 0.279 e. The van der Waals surface area contributed by atoms with Crippen LogP contribution in [0.4, 0.5) is 5.69 Å². The molecule has 2 aromatic rings. The van der Waals surface area contributed by atoms with Gasteiger partial charge in [0.15, 0.2) is 5.03 Å². The standard InChI is InChI=1S/C12H15N3O3S/c1-3-9-4-5-11(16)10(6-9)15-19(17,18)12-7-13-8(2)14-12/h4-7,15-16H,3H2,1-2H3,(H,13,14). The molecule has 102 valence electrons. The number of aromatic hydroxyl groups is 1. The van der Waals surface area contributed by atoms with Gasteiger partial charge in [-0.1, -0.05) is 13.0 Å². The second kappa shape index (κ2) is 4.93. The number of aromatic amines is 1. The van der Waals surface area contributed by atoms with Crippen molar-refractivity contribution >= 4 is 15.7 Å². The van der Waals surface area contributed by atoms with Crippen molar-refractivity contribution in [2.45, 2.75) is 25.3 Å². The van der Waals surface area contributed by atoms with E-state index in [1.807, 2.05) is 6.92 Å². The van der Waals surface area contributed by atoms with Crippen LogP contribution in [0.15, 0.2) is 29.4 Å². The van der Waals surface area contributed by atoms with Gasteiger partial charge >= 0.3 is 0 Å². The Labute approximate surface area is 111 Å². The van der Waals surface area contributed by atoms with Gasteiger partial charge < -0.3 is 10.1 Å². The zero-order valence-corrected chi connectivity index (χ0v) is 11.5. The fourth-order valence-corrected chi connectivity index (χ4v) is 2.66. The molecule has 0 bridgehead atoms. The Bertz CT molecular complexity index is 692. The molecule has 1 heterocycles. The number of phenols is 1. The molecular weight excluding hydrogens is 266 g/mol. The topological polar surface area (TPSA) is 95.1 Å². The molecule has 0 atom stereocenters. The number of aryl methyl sites for hydroxylation is 2. The number of nitrogens with one attached hydrogen (secondary N) is 2. The molecule has 0 aliphatic rings. The average Bonchev–Trinajstić information content (AvgIpc) is 2.79. The minimum atomic E-state index is -3.77. The molecule has 2 rings (SSSR count). The zero-order valence-electron chi connectivity index (χ0n) is 10.6. The minimum absolute atomic E-state index is 0.0358. The van der Waals surface area contributed by atoms with Crippen LogP contribution in [0.3, 0.4) is 0 Å². The van der Waals surface area contributed by atoms with E-state index in [9.17, 15) is 13.5 Å². The number of nitrogens with zero attached hydrogens (tertiary/aromatic N) is 1. The van der Waals surface area contributed by atoms with E-state index >= 15 is 0 Å². The van der Waals surface area contributed by atoms with Crippen molar-refractivity contribution in [1.29, 1.82) is 0 Å². The highest BCUT2D eigenvalue weighted by Gasteiger charge is 2.18. The van der Waals surface area contributed by atoms with Crippen LogP contribution in [-0.4, -0.2) is 23.5 Å². The molecular formula is C12H15N3O3S. The zero-order chi connectivity index (χ0) is 14.0. The molecule has 19 heavy (non-hydrogen) atoms. The molecule has 1 aromatic heterocycles. The van der Waals surface area contributed by atoms with E-state index in [2.05, 4.69) is 14.7 Å². The highest BCUT2D eigenvalue weighted by molar-refractivity contribution is 7.92. The highest BCUT2D eigenvalue weighted by atomic mass is 32.2. The summed E-state index contributed by atoms with van der Waals surface area (Å²) >= 11 is 0. The Kier molecular flexibility index (Phi) is 3.48. The summed E-state index contributed by atoms with van der Waals surface area (Å²) in [6, 6.07) is 4.82. The third kappa shape index (κ3) is 2.87. The van der Waals surface area contributed by atoms with Crippen molar-refractivity contribution in [2.24, 2.45) is 0 Å². The summed E-state index contributed by atoms with van der Waals surface area (Å²) in [6.07, 6.45) is 1.98. The van der Waals surface area contributed by atoms with Gasteiger partial charge in [-0.2, -0.15) is 8.42 Å². The van der Waals surface area contributed by atoms with Gasteiger partial charge in [-0.3, -0.25) is 4.72 Å². The van der Waals surface area contributed by atoms with Gasteiger partial charge in [0.2, 0.25) is 0 Å². The second-order valence-corrected chi connectivity index (χ2v) is 5.79. The fourth-order valence-electron chi connectivity index (χ4n) is 1.62. The third-order valence-electron chi connectivity index (χ3n) is 2.68. The maximum absolute atomic E-state index is 12.1. The lowest BCUT2D eigenvalue weighted by Gasteiger charge is -2.09. The summed E-state index contributed by atoms with van der Waals surface area (Å²) in [6.45, 7) is 3.61. The molecule has 0 spiro atoms. The number of imidazole rings is 1. The van der Waals surface area contributed by atoms with Gasteiger partial charge in [-0.25, -0.2) is 4.98 Å². The molecule has 6 nitrogen and oxygen atoms in total. The predicted molar refractivity (Wildman–Crippen MR) is 71.6 cm³/mol. The molecule has 0 fully saturated rings. The van der Waals surface area contributed by atoms with Crippen LogP contribution in [0.1, 0.15) is 18.3 Å². The summed E-state index contributed by atoms with van der Waals surface area (Å²) in [7, 11) is -3.77. The number of benzene rings is 1. The first-order chi connectivity index (χ1) is 8.92. The molecule has 0 unspecified atom stereocenters. The number of aromatic nitrogens is 2. The maximum Gasteiger partial charge on any atom is 0.279 e. The van der Waals surface area contributed by atoms with E-state index in [1.165, 1.54) is 12.3 Å². The minimum Gasteiger partial charge on any atom is -0.506 e. The Balaban J connectivity index is 2.35. The Hall–Kier alpha value is -2.02. The number of rotatable bonds is 4. The summed E-state index contributed by atoms with van der Waals surface area (Å²) in [5.41, 5.74) is 1.09. The largest absolute Gasteiger partial charge is 0.506 e. The van der Waals surface area contributed by atoms with E-state index < -0.39 is 10.0 Å². The van der Waals surface area contributed by atoms with Crippen molar-refractivity contribution < 1.29 is 13.5 Å². The van der Waals surface area contributed by atoms with Gasteiger partial charge in [0.05, 0.1) is 11.9 Å². The lowest BCUT2D eigenvalue weighted by atomic mass is 10.1. The van der Waals surface area contributed by atoms with E-state index in [-0.39, 0.29) is 16.5 Å². The summed E-state index contributed by atoms with van der Waals surface area (Å²) < 4.78 is 26.5. The summed E-state index contributed by atoms with van der Waals surface area (Å²) in [5.74, 6) is 0.393. The van der Waals surface area contributed by atoms with Crippen LogP contribution >= 0.6 is 0 Å². The Morgan fingerprint density at radius 3 is 2.74 bits per heavy atom. The molecule has 0 amide bonds. The lowest BCUT2D eigenvalue weighted by Crippen LogP contribution is -2.13. The molecule has 0 aliphatic carbocycles. The van der Waals surface area contributed by atoms with Crippen LogP contribution in [0, 0.1) is 6.92 Å². The highest BCUT2D eigenvalue weighted by Crippen LogP contribution is 2.26. The number of anilines is 1. The third-order valence-corrected chi connectivity index (χ3v) is 3.96. The van der Waals surface area contributed by atoms with Crippen molar-refractivity contribution in [3.63, 3.8) is 0 Å². The first kappa shape index (κ1) is 13.4. The molecule has 1 aromatic carbocycles. The monoisotopic (exact) mass is 281 g/mol. The molecule has 0 radical (unpaired) electrons. The molecule has 3 N–H and O–H groups in total. The van der Waals surface area contributed by atoms with E-state index in [4.69, 9.17) is 0 Å².